The minimum absolute atomic E-state index is 0.0759. The Hall–Kier alpha value is -4.59. The molecule has 1 heterocycles. The zero-order valence-electron chi connectivity index (χ0n) is 21.0. The Morgan fingerprint density at radius 3 is 2.32 bits per heavy atom. The number of carbonyl (C=O) groups excluding carboxylic acids is 3. The van der Waals surface area contributed by atoms with Crippen LogP contribution in [0.4, 0.5) is 5.69 Å². The summed E-state index contributed by atoms with van der Waals surface area (Å²) in [4.78, 5) is 40.6. The van der Waals surface area contributed by atoms with Crippen molar-refractivity contribution in [3.8, 4) is 11.5 Å². The van der Waals surface area contributed by atoms with Gasteiger partial charge in [0.05, 0.1) is 38.0 Å². The number of aliphatic hydroxyl groups excluding tert-OH is 1. The van der Waals surface area contributed by atoms with Crippen LogP contribution < -0.4 is 14.4 Å². The summed E-state index contributed by atoms with van der Waals surface area (Å²) in [7, 11) is 2.95. The van der Waals surface area contributed by atoms with Gasteiger partial charge in [0.1, 0.15) is 5.76 Å². The largest absolute Gasteiger partial charge is 0.507 e. The monoisotopic (exact) mass is 501 g/mol. The van der Waals surface area contributed by atoms with Crippen LogP contribution in [0.3, 0.4) is 0 Å². The number of aryl methyl sites for hydroxylation is 1. The van der Waals surface area contributed by atoms with Gasteiger partial charge >= 0.3 is 5.97 Å². The van der Waals surface area contributed by atoms with E-state index in [1.807, 2.05) is 19.1 Å². The van der Waals surface area contributed by atoms with E-state index in [4.69, 9.17) is 14.2 Å². The maximum Gasteiger partial charge on any atom is 0.338 e. The van der Waals surface area contributed by atoms with Crippen molar-refractivity contribution in [1.29, 1.82) is 0 Å². The number of ketones is 1. The van der Waals surface area contributed by atoms with Crippen molar-refractivity contribution in [1.82, 2.24) is 0 Å². The van der Waals surface area contributed by atoms with Gasteiger partial charge in [-0.15, -0.1) is 0 Å². The Balaban J connectivity index is 1.93. The van der Waals surface area contributed by atoms with Crippen LogP contribution >= 0.6 is 0 Å². The third kappa shape index (κ3) is 4.65. The molecule has 1 saturated heterocycles. The molecule has 1 atom stereocenters. The number of hydrogen-bond acceptors (Lipinski definition) is 7. The minimum atomic E-state index is -0.938. The lowest BCUT2D eigenvalue weighted by atomic mass is 9.92. The van der Waals surface area contributed by atoms with Gasteiger partial charge in [-0.2, -0.15) is 0 Å². The quantitative estimate of drug-likeness (QED) is 0.214. The van der Waals surface area contributed by atoms with Gasteiger partial charge in [-0.1, -0.05) is 30.3 Å². The highest BCUT2D eigenvalue weighted by Crippen LogP contribution is 2.44. The molecule has 0 spiro atoms. The van der Waals surface area contributed by atoms with Crippen molar-refractivity contribution in [3.05, 3.63) is 94.6 Å². The van der Waals surface area contributed by atoms with Crippen LogP contribution in [0.1, 0.15) is 40.0 Å². The number of Topliss-reactive ketones (excluding diaryl/α,β-unsaturated/α-hetero) is 1. The number of rotatable bonds is 7. The molecule has 0 aliphatic carbocycles. The zero-order chi connectivity index (χ0) is 26.7. The summed E-state index contributed by atoms with van der Waals surface area (Å²) in [6.07, 6.45) is 0. The third-order valence-electron chi connectivity index (χ3n) is 6.22. The number of nitrogens with zero attached hydrogens (tertiary/aromatic N) is 1. The van der Waals surface area contributed by atoms with E-state index in [2.05, 4.69) is 0 Å². The molecule has 0 saturated carbocycles. The summed E-state index contributed by atoms with van der Waals surface area (Å²) in [5.74, 6) is -1.75. The molecule has 1 amide bonds. The second-order valence-electron chi connectivity index (χ2n) is 8.37. The van der Waals surface area contributed by atoms with E-state index in [0.29, 0.717) is 22.7 Å². The van der Waals surface area contributed by atoms with Gasteiger partial charge in [-0.05, 0) is 61.4 Å². The first kappa shape index (κ1) is 25.5. The first-order valence-electron chi connectivity index (χ1n) is 11.7. The predicted molar refractivity (Wildman–Crippen MR) is 138 cm³/mol. The number of aliphatic hydroxyl groups is 1. The molecule has 190 valence electrons. The number of amides is 1. The summed E-state index contributed by atoms with van der Waals surface area (Å²) in [6, 6.07) is 17.4. The first-order chi connectivity index (χ1) is 17.8. The highest BCUT2D eigenvalue weighted by molar-refractivity contribution is 6.51. The fourth-order valence-corrected chi connectivity index (χ4v) is 4.42. The number of hydrogen-bond donors (Lipinski definition) is 1. The third-order valence-corrected chi connectivity index (χ3v) is 6.22. The van der Waals surface area contributed by atoms with Gasteiger partial charge in [-0.25, -0.2) is 4.79 Å². The van der Waals surface area contributed by atoms with E-state index in [-0.39, 0.29) is 29.1 Å². The second-order valence-corrected chi connectivity index (χ2v) is 8.37. The van der Waals surface area contributed by atoms with Crippen LogP contribution in [0.15, 0.2) is 72.3 Å². The normalized spacial score (nSPS) is 16.5. The van der Waals surface area contributed by atoms with Gasteiger partial charge in [0, 0.05) is 11.3 Å². The van der Waals surface area contributed by atoms with E-state index >= 15 is 0 Å². The number of esters is 1. The van der Waals surface area contributed by atoms with Crippen LogP contribution in [0, 0.1) is 6.92 Å². The molecule has 1 unspecified atom stereocenters. The molecule has 8 nitrogen and oxygen atoms in total. The van der Waals surface area contributed by atoms with E-state index in [1.54, 1.807) is 49.4 Å². The van der Waals surface area contributed by atoms with Crippen molar-refractivity contribution in [2.24, 2.45) is 0 Å². The van der Waals surface area contributed by atoms with E-state index in [1.165, 1.54) is 31.3 Å². The van der Waals surface area contributed by atoms with Gasteiger partial charge in [-0.3, -0.25) is 14.5 Å². The van der Waals surface area contributed by atoms with Crippen LogP contribution in [-0.4, -0.2) is 43.6 Å². The fourth-order valence-electron chi connectivity index (χ4n) is 4.42. The Bertz CT molecular complexity index is 1410. The highest BCUT2D eigenvalue weighted by Gasteiger charge is 2.47. The summed E-state index contributed by atoms with van der Waals surface area (Å²) < 4.78 is 15.7. The van der Waals surface area contributed by atoms with Crippen LogP contribution in [0.25, 0.3) is 5.76 Å². The highest BCUT2D eigenvalue weighted by atomic mass is 16.5. The topological polar surface area (TPSA) is 102 Å². The number of anilines is 1. The van der Waals surface area contributed by atoms with E-state index < -0.39 is 23.7 Å². The lowest BCUT2D eigenvalue weighted by Crippen LogP contribution is -2.30. The number of methoxy groups -OCH3 is 2. The Morgan fingerprint density at radius 2 is 1.65 bits per heavy atom. The molecule has 3 aromatic carbocycles. The maximum atomic E-state index is 13.4. The number of carbonyl (C=O) groups is 3. The minimum Gasteiger partial charge on any atom is -0.507 e. The van der Waals surface area contributed by atoms with Gasteiger partial charge < -0.3 is 19.3 Å². The average molecular weight is 502 g/mol. The summed E-state index contributed by atoms with van der Waals surface area (Å²) in [5, 5.41) is 11.4. The number of benzene rings is 3. The van der Waals surface area contributed by atoms with Crippen LogP contribution in [-0.2, 0) is 14.3 Å². The lowest BCUT2D eigenvalue weighted by Gasteiger charge is -2.27. The Labute approximate surface area is 214 Å². The first-order valence-corrected chi connectivity index (χ1v) is 11.7. The van der Waals surface area contributed by atoms with Gasteiger partial charge in [0.15, 0.2) is 11.5 Å². The molecule has 0 bridgehead atoms. The van der Waals surface area contributed by atoms with Gasteiger partial charge in [0.25, 0.3) is 11.7 Å². The molecule has 3 aromatic rings. The summed E-state index contributed by atoms with van der Waals surface area (Å²) >= 11 is 0. The van der Waals surface area contributed by atoms with E-state index in [9.17, 15) is 19.5 Å². The summed E-state index contributed by atoms with van der Waals surface area (Å²) in [6.45, 7) is 3.76. The smallest absolute Gasteiger partial charge is 0.338 e. The molecule has 1 N–H and O–H groups in total. The molecule has 1 aliphatic heterocycles. The van der Waals surface area contributed by atoms with Crippen molar-refractivity contribution in [2.45, 2.75) is 19.9 Å². The van der Waals surface area contributed by atoms with Crippen LogP contribution in [0.2, 0.25) is 0 Å². The van der Waals surface area contributed by atoms with Gasteiger partial charge in [0.2, 0.25) is 0 Å². The van der Waals surface area contributed by atoms with Crippen molar-refractivity contribution in [2.75, 3.05) is 25.7 Å². The second kappa shape index (κ2) is 10.6. The SMILES string of the molecule is CCOC(=O)c1cccc(N2C(=O)C(=O)/C(=C(/O)c3ccc(OC)c(OC)c3)C2c2ccccc2C)c1. The molecule has 1 aliphatic rings. The van der Waals surface area contributed by atoms with Crippen molar-refractivity contribution in [3.63, 3.8) is 0 Å². The molecule has 0 aromatic heterocycles. The molecule has 4 rings (SSSR count). The molecular formula is C29H27NO7. The average Bonchev–Trinajstić information content (AvgIpc) is 3.18. The Morgan fingerprint density at radius 1 is 0.919 bits per heavy atom. The van der Waals surface area contributed by atoms with E-state index in [0.717, 1.165) is 5.56 Å². The maximum absolute atomic E-state index is 13.4. The molecular weight excluding hydrogens is 474 g/mol. The lowest BCUT2D eigenvalue weighted by molar-refractivity contribution is -0.132. The Kier molecular flexibility index (Phi) is 7.29. The molecule has 8 heteroatoms. The fraction of sp³-hybridized carbons (Fsp3) is 0.207. The van der Waals surface area contributed by atoms with Crippen molar-refractivity contribution >= 4 is 29.1 Å². The summed E-state index contributed by atoms with van der Waals surface area (Å²) in [5.41, 5.74) is 2.25. The molecule has 1 fully saturated rings. The standard InChI is InChI=1S/C29H27NO7/c1-5-37-29(34)19-10-8-11-20(15-19)30-25(21-12-7-6-9-17(21)2)24(27(32)28(30)33)26(31)18-13-14-22(35-3)23(16-18)36-4/h6-16,25,31H,5H2,1-4H3/b26-24+. The van der Waals surface area contributed by atoms with Crippen molar-refractivity contribution < 1.29 is 33.7 Å². The van der Waals surface area contributed by atoms with Crippen LogP contribution in [0.5, 0.6) is 11.5 Å². The molecule has 37 heavy (non-hydrogen) atoms. The predicted octanol–water partition coefficient (Wildman–Crippen LogP) is 4.82. The number of ether oxygens (including phenoxy) is 3. The zero-order valence-corrected chi connectivity index (χ0v) is 21.0. The molecule has 0 radical (unpaired) electrons.